The van der Waals surface area contributed by atoms with E-state index in [1.54, 1.807) is 13.0 Å². The van der Waals surface area contributed by atoms with Gasteiger partial charge in [-0.1, -0.05) is 59.2 Å². The van der Waals surface area contributed by atoms with Crippen LogP contribution in [0.15, 0.2) is 53.1 Å². The topological polar surface area (TPSA) is 50.8 Å². The van der Waals surface area contributed by atoms with Crippen LogP contribution in [-0.4, -0.2) is 42.1 Å². The highest BCUT2D eigenvalue weighted by Crippen LogP contribution is 2.31. The molecule has 5 nitrogen and oxygen atoms in total. The third-order valence-electron chi connectivity index (χ3n) is 5.67. The average molecular weight is 411 g/mol. The van der Waals surface area contributed by atoms with Crippen LogP contribution in [0.25, 0.3) is 11.3 Å². The summed E-state index contributed by atoms with van der Waals surface area (Å²) >= 11 is 6.33. The molecule has 150 valence electrons. The number of hydrogen-bond acceptors (Lipinski definition) is 3. The van der Waals surface area contributed by atoms with Gasteiger partial charge in [-0.25, -0.2) is 0 Å². The third-order valence-corrected chi connectivity index (χ3v) is 5.99. The van der Waals surface area contributed by atoms with Gasteiger partial charge in [0.15, 0.2) is 0 Å². The summed E-state index contributed by atoms with van der Waals surface area (Å²) in [5.74, 6) is 0.494. The van der Waals surface area contributed by atoms with Crippen LogP contribution in [0.5, 0.6) is 0 Å². The molecule has 1 fully saturated rings. The summed E-state index contributed by atoms with van der Waals surface area (Å²) in [6, 6.07) is 15.9. The predicted molar refractivity (Wildman–Crippen MR) is 113 cm³/mol. The van der Waals surface area contributed by atoms with Crippen molar-refractivity contribution in [2.45, 2.75) is 20.4 Å². The lowest BCUT2D eigenvalue weighted by Crippen LogP contribution is -3.13. The molecule has 0 unspecified atom stereocenters. The molecule has 1 aliphatic heterocycles. The standard InChI is InChI=1S/C23H24ClN3O2/c1-16-7-3-4-8-18(16)15-26-11-13-27(14-12-26)23(28)21-17(2)29-25-22(21)19-9-5-6-10-20(19)24/h3-10H,11-15H2,1-2H3/p+1. The van der Waals surface area contributed by atoms with E-state index in [1.807, 2.05) is 23.1 Å². The first-order valence-electron chi connectivity index (χ1n) is 9.93. The fourth-order valence-corrected chi connectivity index (χ4v) is 4.13. The Bertz CT molecular complexity index is 1020. The van der Waals surface area contributed by atoms with Gasteiger partial charge in [-0.15, -0.1) is 0 Å². The summed E-state index contributed by atoms with van der Waals surface area (Å²) in [5.41, 5.74) is 4.45. The van der Waals surface area contributed by atoms with Crippen molar-refractivity contribution in [1.29, 1.82) is 0 Å². The van der Waals surface area contributed by atoms with Crippen molar-refractivity contribution in [3.8, 4) is 11.3 Å². The maximum absolute atomic E-state index is 13.3. The van der Waals surface area contributed by atoms with Gasteiger partial charge in [-0.2, -0.15) is 0 Å². The summed E-state index contributed by atoms with van der Waals surface area (Å²) in [4.78, 5) is 16.7. The summed E-state index contributed by atoms with van der Waals surface area (Å²) in [6.45, 7) is 8.20. The number of rotatable bonds is 4. The largest absolute Gasteiger partial charge is 0.360 e. The smallest absolute Gasteiger partial charge is 0.260 e. The molecule has 29 heavy (non-hydrogen) atoms. The van der Waals surface area contributed by atoms with Crippen LogP contribution in [0.4, 0.5) is 0 Å². The number of nitrogens with one attached hydrogen (secondary N) is 1. The number of hydrogen-bond donors (Lipinski definition) is 1. The third kappa shape index (κ3) is 4.07. The molecular formula is C23H25ClN3O2+. The van der Waals surface area contributed by atoms with Gasteiger partial charge in [-0.3, -0.25) is 4.79 Å². The molecule has 1 aliphatic rings. The lowest BCUT2D eigenvalue weighted by atomic mass is 10.0. The molecule has 0 saturated carbocycles. The first-order chi connectivity index (χ1) is 14.0. The molecule has 3 aromatic rings. The van der Waals surface area contributed by atoms with Crippen LogP contribution in [0.2, 0.25) is 5.02 Å². The summed E-state index contributed by atoms with van der Waals surface area (Å²) < 4.78 is 5.37. The Morgan fingerprint density at radius 1 is 1.10 bits per heavy atom. The number of halogens is 1. The van der Waals surface area contributed by atoms with Crippen LogP contribution < -0.4 is 4.90 Å². The van der Waals surface area contributed by atoms with Crippen molar-refractivity contribution in [3.05, 3.63) is 76.0 Å². The van der Waals surface area contributed by atoms with Crippen molar-refractivity contribution in [1.82, 2.24) is 10.1 Å². The number of quaternary nitrogens is 1. The minimum absolute atomic E-state index is 0.0337. The fraction of sp³-hybridized carbons (Fsp3) is 0.304. The van der Waals surface area contributed by atoms with Gasteiger partial charge in [-0.05, 0) is 25.5 Å². The molecule has 1 amide bonds. The molecule has 0 spiro atoms. The molecule has 1 aromatic heterocycles. The lowest BCUT2D eigenvalue weighted by Gasteiger charge is -2.32. The molecule has 1 saturated heterocycles. The zero-order valence-electron chi connectivity index (χ0n) is 16.7. The minimum atomic E-state index is -0.0337. The Hall–Kier alpha value is -2.63. The van der Waals surface area contributed by atoms with Gasteiger partial charge < -0.3 is 14.3 Å². The van der Waals surface area contributed by atoms with E-state index in [-0.39, 0.29) is 5.91 Å². The van der Waals surface area contributed by atoms with E-state index in [1.165, 1.54) is 16.0 Å². The maximum atomic E-state index is 13.3. The van der Waals surface area contributed by atoms with Crippen molar-refractivity contribution < 1.29 is 14.2 Å². The van der Waals surface area contributed by atoms with Crippen molar-refractivity contribution in [2.75, 3.05) is 26.2 Å². The number of benzene rings is 2. The second-order valence-corrected chi connectivity index (χ2v) is 7.99. The van der Waals surface area contributed by atoms with Gasteiger partial charge >= 0.3 is 0 Å². The first kappa shape index (κ1) is 19.7. The van der Waals surface area contributed by atoms with Gasteiger partial charge in [0.1, 0.15) is 23.6 Å². The Morgan fingerprint density at radius 2 is 1.79 bits per heavy atom. The lowest BCUT2D eigenvalue weighted by molar-refractivity contribution is -0.917. The number of amides is 1. The number of aryl methyl sites for hydroxylation is 2. The summed E-state index contributed by atoms with van der Waals surface area (Å²) in [5, 5.41) is 4.69. The van der Waals surface area contributed by atoms with Crippen molar-refractivity contribution in [2.24, 2.45) is 0 Å². The van der Waals surface area contributed by atoms with Crippen molar-refractivity contribution >= 4 is 17.5 Å². The van der Waals surface area contributed by atoms with Crippen LogP contribution in [0.3, 0.4) is 0 Å². The van der Waals surface area contributed by atoms with E-state index in [0.29, 0.717) is 35.1 Å². The number of piperazine rings is 1. The second-order valence-electron chi connectivity index (χ2n) is 7.59. The van der Waals surface area contributed by atoms with Gasteiger partial charge in [0, 0.05) is 11.1 Å². The van der Waals surface area contributed by atoms with Gasteiger partial charge in [0.25, 0.3) is 5.91 Å². The zero-order valence-corrected chi connectivity index (χ0v) is 17.5. The second kappa shape index (κ2) is 8.39. The summed E-state index contributed by atoms with van der Waals surface area (Å²) in [7, 11) is 0. The number of aromatic nitrogens is 1. The SMILES string of the molecule is Cc1ccccc1C[NH+]1CCN(C(=O)c2c(-c3ccccc3Cl)noc2C)CC1. The zero-order chi connectivity index (χ0) is 20.4. The number of carbonyl (C=O) groups is 1. The van der Waals surface area contributed by atoms with Crippen LogP contribution in [-0.2, 0) is 6.54 Å². The Kier molecular flexibility index (Phi) is 5.69. The highest BCUT2D eigenvalue weighted by molar-refractivity contribution is 6.33. The monoisotopic (exact) mass is 410 g/mol. The number of carbonyl (C=O) groups excluding carboxylic acids is 1. The fourth-order valence-electron chi connectivity index (χ4n) is 3.90. The highest BCUT2D eigenvalue weighted by atomic mass is 35.5. The molecule has 1 N–H and O–H groups in total. The molecule has 0 radical (unpaired) electrons. The van der Waals surface area contributed by atoms with E-state index in [4.69, 9.17) is 16.1 Å². The molecule has 0 atom stereocenters. The molecular weight excluding hydrogens is 386 g/mol. The normalized spacial score (nSPS) is 14.9. The van der Waals surface area contributed by atoms with Gasteiger partial charge in [0.05, 0.1) is 31.2 Å². The van der Waals surface area contributed by atoms with E-state index in [0.717, 1.165) is 25.2 Å². The van der Waals surface area contributed by atoms with E-state index >= 15 is 0 Å². The Morgan fingerprint density at radius 3 is 2.52 bits per heavy atom. The summed E-state index contributed by atoms with van der Waals surface area (Å²) in [6.07, 6.45) is 0. The minimum Gasteiger partial charge on any atom is -0.360 e. The van der Waals surface area contributed by atoms with Crippen LogP contribution in [0, 0.1) is 13.8 Å². The molecule has 2 aromatic carbocycles. The molecule has 4 rings (SSSR count). The molecule has 6 heteroatoms. The van der Waals surface area contributed by atoms with E-state index in [9.17, 15) is 4.79 Å². The Balaban J connectivity index is 1.48. The number of nitrogens with zero attached hydrogens (tertiary/aromatic N) is 2. The highest BCUT2D eigenvalue weighted by Gasteiger charge is 2.30. The molecule has 2 heterocycles. The van der Waals surface area contributed by atoms with Crippen LogP contribution >= 0.6 is 11.6 Å². The Labute approximate surface area is 175 Å². The van der Waals surface area contributed by atoms with E-state index < -0.39 is 0 Å². The average Bonchev–Trinajstić information content (AvgIpc) is 3.11. The van der Waals surface area contributed by atoms with Gasteiger partial charge in [0.2, 0.25) is 0 Å². The molecule has 0 aliphatic carbocycles. The van der Waals surface area contributed by atoms with Crippen LogP contribution in [0.1, 0.15) is 27.2 Å². The van der Waals surface area contributed by atoms with E-state index in [2.05, 4.69) is 36.3 Å². The predicted octanol–water partition coefficient (Wildman–Crippen LogP) is 3.15. The first-order valence-corrected chi connectivity index (χ1v) is 10.3. The molecule has 0 bridgehead atoms. The quantitative estimate of drug-likeness (QED) is 0.718. The maximum Gasteiger partial charge on any atom is 0.260 e. The van der Waals surface area contributed by atoms with Crippen molar-refractivity contribution in [3.63, 3.8) is 0 Å².